The molecule has 0 heterocycles. The van der Waals surface area contributed by atoms with Crippen LogP contribution in [-0.4, -0.2) is 18.3 Å². The first-order valence-electron chi connectivity index (χ1n) is 5.50. The van der Waals surface area contributed by atoms with E-state index in [4.69, 9.17) is 0 Å². The molecular formula is C13H19F2N. The van der Waals surface area contributed by atoms with Crippen LogP contribution in [0.15, 0.2) is 24.3 Å². The molecule has 90 valence electrons. The van der Waals surface area contributed by atoms with Gasteiger partial charge in [0.15, 0.2) is 0 Å². The molecule has 0 aliphatic heterocycles. The van der Waals surface area contributed by atoms with Gasteiger partial charge in [-0.1, -0.05) is 12.1 Å². The summed E-state index contributed by atoms with van der Waals surface area (Å²) in [4.78, 5) is 0. The summed E-state index contributed by atoms with van der Waals surface area (Å²) in [6.45, 7) is 6.26. The molecule has 0 aromatic heterocycles. The van der Waals surface area contributed by atoms with Crippen molar-refractivity contribution in [1.82, 2.24) is 5.32 Å². The van der Waals surface area contributed by atoms with Gasteiger partial charge >= 0.3 is 0 Å². The molecule has 0 bridgehead atoms. The third-order valence-corrected chi connectivity index (χ3v) is 2.20. The molecule has 0 radical (unpaired) electrons. The average molecular weight is 227 g/mol. The zero-order chi connectivity index (χ0) is 12.2. The monoisotopic (exact) mass is 227 g/mol. The van der Waals surface area contributed by atoms with Crippen molar-refractivity contribution >= 4 is 0 Å². The van der Waals surface area contributed by atoms with Gasteiger partial charge in [-0.3, -0.25) is 0 Å². The van der Waals surface area contributed by atoms with Crippen LogP contribution in [0, 0.1) is 5.82 Å². The second-order valence-corrected chi connectivity index (χ2v) is 5.06. The second-order valence-electron chi connectivity index (χ2n) is 5.06. The lowest BCUT2D eigenvalue weighted by atomic mass is 10.1. The predicted molar refractivity (Wildman–Crippen MR) is 62.8 cm³/mol. The van der Waals surface area contributed by atoms with Crippen LogP contribution >= 0.6 is 0 Å². The van der Waals surface area contributed by atoms with Crippen LogP contribution < -0.4 is 5.32 Å². The smallest absolute Gasteiger partial charge is 0.123 e. The maximum Gasteiger partial charge on any atom is 0.123 e. The first kappa shape index (κ1) is 13.1. The largest absolute Gasteiger partial charge is 0.309 e. The van der Waals surface area contributed by atoms with E-state index in [0.717, 1.165) is 0 Å². The number of hydrogen-bond acceptors (Lipinski definition) is 1. The number of benzene rings is 1. The lowest BCUT2D eigenvalue weighted by Crippen LogP contribution is -2.40. The van der Waals surface area contributed by atoms with E-state index in [1.807, 2.05) is 20.8 Å². The van der Waals surface area contributed by atoms with E-state index in [1.165, 1.54) is 12.1 Å². The summed E-state index contributed by atoms with van der Waals surface area (Å²) in [5, 5.41) is 3.09. The Balaban J connectivity index is 2.43. The molecule has 1 rings (SSSR count). The highest BCUT2D eigenvalue weighted by Gasteiger charge is 2.13. The SMILES string of the molecule is CC(C)(C)NCC(F)Cc1cccc(F)c1. The standard InChI is InChI=1S/C13H19F2N/c1-13(2,3)16-9-12(15)8-10-5-4-6-11(14)7-10/h4-7,12,16H,8-9H2,1-3H3. The van der Waals surface area contributed by atoms with Gasteiger partial charge in [-0.25, -0.2) is 8.78 Å². The van der Waals surface area contributed by atoms with Crippen LogP contribution in [0.4, 0.5) is 8.78 Å². The van der Waals surface area contributed by atoms with Gasteiger partial charge in [-0.15, -0.1) is 0 Å². The van der Waals surface area contributed by atoms with Crippen molar-refractivity contribution in [3.05, 3.63) is 35.6 Å². The fraction of sp³-hybridized carbons (Fsp3) is 0.538. The molecule has 0 fully saturated rings. The predicted octanol–water partition coefficient (Wildman–Crippen LogP) is 3.09. The third-order valence-electron chi connectivity index (χ3n) is 2.20. The zero-order valence-corrected chi connectivity index (χ0v) is 10.1. The van der Waals surface area contributed by atoms with Gasteiger partial charge < -0.3 is 5.32 Å². The van der Waals surface area contributed by atoms with Gasteiger partial charge in [-0.2, -0.15) is 0 Å². The third kappa shape index (κ3) is 5.21. The number of alkyl halides is 1. The van der Waals surface area contributed by atoms with E-state index >= 15 is 0 Å². The van der Waals surface area contributed by atoms with E-state index in [1.54, 1.807) is 12.1 Å². The summed E-state index contributed by atoms with van der Waals surface area (Å²) in [6.07, 6.45) is -0.734. The molecular weight excluding hydrogens is 208 g/mol. The van der Waals surface area contributed by atoms with Crippen molar-refractivity contribution in [2.75, 3.05) is 6.54 Å². The molecule has 0 aliphatic carbocycles. The molecule has 3 heteroatoms. The maximum atomic E-state index is 13.6. The van der Waals surface area contributed by atoms with E-state index < -0.39 is 6.17 Å². The second kappa shape index (κ2) is 5.39. The first-order chi connectivity index (χ1) is 7.37. The minimum absolute atomic E-state index is 0.0910. The van der Waals surface area contributed by atoms with Crippen LogP contribution in [0.25, 0.3) is 0 Å². The van der Waals surface area contributed by atoms with Gasteiger partial charge in [-0.05, 0) is 38.5 Å². The first-order valence-corrected chi connectivity index (χ1v) is 5.50. The van der Waals surface area contributed by atoms with Crippen LogP contribution in [0.3, 0.4) is 0 Å². The maximum absolute atomic E-state index is 13.6. The van der Waals surface area contributed by atoms with Crippen molar-refractivity contribution in [2.45, 2.75) is 38.9 Å². The minimum atomic E-state index is -0.985. The van der Waals surface area contributed by atoms with E-state index in [-0.39, 0.29) is 17.8 Å². The molecule has 0 aliphatic rings. The van der Waals surface area contributed by atoms with Crippen LogP contribution in [0.2, 0.25) is 0 Å². The highest BCUT2D eigenvalue weighted by Crippen LogP contribution is 2.09. The Morgan fingerprint density at radius 2 is 2.00 bits per heavy atom. The van der Waals surface area contributed by atoms with E-state index in [2.05, 4.69) is 5.32 Å². The van der Waals surface area contributed by atoms with Gasteiger partial charge in [0, 0.05) is 18.5 Å². The molecule has 1 nitrogen and oxygen atoms in total. The van der Waals surface area contributed by atoms with Gasteiger partial charge in [0.1, 0.15) is 12.0 Å². The molecule has 1 aromatic carbocycles. The summed E-state index contributed by atoms with van der Waals surface area (Å²) in [7, 11) is 0. The van der Waals surface area contributed by atoms with Crippen LogP contribution in [-0.2, 0) is 6.42 Å². The molecule has 1 N–H and O–H groups in total. The number of rotatable bonds is 4. The van der Waals surface area contributed by atoms with Gasteiger partial charge in [0.25, 0.3) is 0 Å². The highest BCUT2D eigenvalue weighted by molar-refractivity contribution is 5.17. The number of halogens is 2. The summed E-state index contributed by atoms with van der Waals surface area (Å²) in [5.74, 6) is -0.312. The van der Waals surface area contributed by atoms with Crippen molar-refractivity contribution in [3.63, 3.8) is 0 Å². The van der Waals surface area contributed by atoms with Crippen molar-refractivity contribution in [3.8, 4) is 0 Å². The molecule has 1 atom stereocenters. The van der Waals surface area contributed by atoms with E-state index in [9.17, 15) is 8.78 Å². The number of hydrogen-bond donors (Lipinski definition) is 1. The normalized spacial score (nSPS) is 13.8. The zero-order valence-electron chi connectivity index (χ0n) is 10.1. The van der Waals surface area contributed by atoms with Crippen molar-refractivity contribution in [2.24, 2.45) is 0 Å². The summed E-state index contributed by atoms with van der Waals surface area (Å²) in [5.41, 5.74) is 0.606. The summed E-state index contributed by atoms with van der Waals surface area (Å²) < 4.78 is 26.4. The van der Waals surface area contributed by atoms with Crippen molar-refractivity contribution in [1.29, 1.82) is 0 Å². The van der Waals surface area contributed by atoms with Crippen LogP contribution in [0.1, 0.15) is 26.3 Å². The fourth-order valence-corrected chi connectivity index (χ4v) is 1.41. The quantitative estimate of drug-likeness (QED) is 0.833. The molecule has 0 saturated carbocycles. The van der Waals surface area contributed by atoms with Gasteiger partial charge in [0.05, 0.1) is 0 Å². The van der Waals surface area contributed by atoms with Gasteiger partial charge in [0.2, 0.25) is 0 Å². The molecule has 0 saturated heterocycles. The minimum Gasteiger partial charge on any atom is -0.309 e. The molecule has 0 amide bonds. The molecule has 1 unspecified atom stereocenters. The number of nitrogens with one attached hydrogen (secondary N) is 1. The Morgan fingerprint density at radius 3 is 2.56 bits per heavy atom. The Hall–Kier alpha value is -0.960. The fourth-order valence-electron chi connectivity index (χ4n) is 1.41. The Labute approximate surface area is 95.9 Å². The molecule has 1 aromatic rings. The molecule has 16 heavy (non-hydrogen) atoms. The lowest BCUT2D eigenvalue weighted by molar-refractivity contribution is 0.284. The lowest BCUT2D eigenvalue weighted by Gasteiger charge is -2.22. The summed E-state index contributed by atoms with van der Waals surface area (Å²) >= 11 is 0. The van der Waals surface area contributed by atoms with Crippen molar-refractivity contribution < 1.29 is 8.78 Å². The topological polar surface area (TPSA) is 12.0 Å². The Morgan fingerprint density at radius 1 is 1.31 bits per heavy atom. The Kier molecular flexibility index (Phi) is 4.42. The van der Waals surface area contributed by atoms with Crippen LogP contribution in [0.5, 0.6) is 0 Å². The van der Waals surface area contributed by atoms with E-state index in [0.29, 0.717) is 12.1 Å². The summed E-state index contributed by atoms with van der Waals surface area (Å²) in [6, 6.07) is 6.09. The average Bonchev–Trinajstić information content (AvgIpc) is 2.14. The highest BCUT2D eigenvalue weighted by atomic mass is 19.1. The Bertz CT molecular complexity index is 331. The molecule has 0 spiro atoms.